The van der Waals surface area contributed by atoms with Gasteiger partial charge in [-0.15, -0.1) is 0 Å². The topological polar surface area (TPSA) is 29.1 Å². The maximum Gasteiger partial charge on any atom is 0.0383 e. The summed E-state index contributed by atoms with van der Waals surface area (Å²) in [4.78, 5) is 0. The summed E-state index contributed by atoms with van der Waals surface area (Å²) in [7, 11) is -0.733. The molecule has 0 spiro atoms. The van der Waals surface area contributed by atoms with E-state index in [1.807, 2.05) is 6.07 Å². The third-order valence-corrected chi connectivity index (χ3v) is 3.89. The molecule has 0 aromatic heterocycles. The van der Waals surface area contributed by atoms with Crippen molar-refractivity contribution in [1.82, 2.24) is 5.32 Å². The fourth-order valence-electron chi connectivity index (χ4n) is 1.55. The molecule has 1 aromatic rings. The highest BCUT2D eigenvalue weighted by molar-refractivity contribution is 9.10. The van der Waals surface area contributed by atoms with Crippen molar-refractivity contribution in [1.29, 1.82) is 0 Å². The van der Waals surface area contributed by atoms with E-state index in [-0.39, 0.29) is 6.04 Å². The number of aryl methyl sites for hydroxylation is 1. The fraction of sp³-hybridized carbons (Fsp3) is 0.500. The van der Waals surface area contributed by atoms with Crippen LogP contribution in [0, 0.1) is 6.92 Å². The Morgan fingerprint density at radius 1 is 1.50 bits per heavy atom. The minimum absolute atomic E-state index is 0.286. The van der Waals surface area contributed by atoms with Gasteiger partial charge in [-0.2, -0.15) is 0 Å². The second-order valence-electron chi connectivity index (χ2n) is 4.09. The predicted octanol–water partition coefficient (Wildman–Crippen LogP) is 2.61. The van der Waals surface area contributed by atoms with Gasteiger partial charge in [0, 0.05) is 39.9 Å². The van der Waals surface area contributed by atoms with Crippen molar-refractivity contribution in [2.24, 2.45) is 0 Å². The van der Waals surface area contributed by atoms with Gasteiger partial charge in [-0.1, -0.05) is 22.0 Å². The molecule has 2 unspecified atom stereocenters. The zero-order chi connectivity index (χ0) is 12.1. The lowest BCUT2D eigenvalue weighted by Gasteiger charge is -2.13. The van der Waals surface area contributed by atoms with Crippen LogP contribution in [-0.4, -0.2) is 22.3 Å². The van der Waals surface area contributed by atoms with Crippen LogP contribution in [0.15, 0.2) is 22.7 Å². The van der Waals surface area contributed by atoms with Crippen LogP contribution in [0.5, 0.6) is 0 Å². The lowest BCUT2D eigenvalue weighted by Crippen LogP contribution is -2.30. The van der Waals surface area contributed by atoms with E-state index >= 15 is 0 Å². The van der Waals surface area contributed by atoms with Crippen LogP contribution in [0.4, 0.5) is 0 Å². The van der Waals surface area contributed by atoms with E-state index in [2.05, 4.69) is 47.2 Å². The average Bonchev–Trinajstić information content (AvgIpc) is 2.15. The van der Waals surface area contributed by atoms with Crippen molar-refractivity contribution in [3.05, 3.63) is 33.8 Å². The molecule has 0 aliphatic rings. The van der Waals surface area contributed by atoms with Gasteiger partial charge in [0.15, 0.2) is 0 Å². The van der Waals surface area contributed by atoms with Gasteiger partial charge in [0.05, 0.1) is 0 Å². The summed E-state index contributed by atoms with van der Waals surface area (Å²) < 4.78 is 12.1. The van der Waals surface area contributed by atoms with Gasteiger partial charge in [0.25, 0.3) is 0 Å². The summed E-state index contributed by atoms with van der Waals surface area (Å²) in [5, 5.41) is 3.38. The molecule has 1 rings (SSSR count). The first-order chi connectivity index (χ1) is 7.49. The second-order valence-corrected chi connectivity index (χ2v) is 6.49. The molecule has 0 amide bonds. The van der Waals surface area contributed by atoms with Gasteiger partial charge < -0.3 is 5.32 Å². The van der Waals surface area contributed by atoms with Crippen LogP contribution in [0.3, 0.4) is 0 Å². The van der Waals surface area contributed by atoms with E-state index in [1.165, 1.54) is 11.1 Å². The first-order valence-corrected chi connectivity index (χ1v) is 7.79. The summed E-state index contributed by atoms with van der Waals surface area (Å²) in [5.74, 6) is 0.704. The van der Waals surface area contributed by atoms with Crippen LogP contribution in [0.25, 0.3) is 0 Å². The molecular formula is C12H18BrNOS. The third kappa shape index (κ3) is 4.76. The monoisotopic (exact) mass is 303 g/mol. The maximum absolute atomic E-state index is 11.0. The van der Waals surface area contributed by atoms with Gasteiger partial charge in [0.2, 0.25) is 0 Å². The summed E-state index contributed by atoms with van der Waals surface area (Å²) >= 11 is 3.45. The molecule has 1 aromatic carbocycles. The minimum Gasteiger partial charge on any atom is -0.309 e. The lowest BCUT2D eigenvalue weighted by atomic mass is 10.1. The van der Waals surface area contributed by atoms with Crippen molar-refractivity contribution in [3.8, 4) is 0 Å². The molecule has 2 atom stereocenters. The second kappa shape index (κ2) is 6.52. The molecule has 0 aliphatic heterocycles. The van der Waals surface area contributed by atoms with Gasteiger partial charge in [-0.05, 0) is 37.1 Å². The summed E-state index contributed by atoms with van der Waals surface area (Å²) in [6.07, 6.45) is 1.74. The molecule has 0 radical (unpaired) electrons. The Bertz CT molecular complexity index is 381. The van der Waals surface area contributed by atoms with Crippen LogP contribution in [-0.2, 0) is 17.3 Å². The number of hydrogen-bond donors (Lipinski definition) is 1. The predicted molar refractivity (Wildman–Crippen MR) is 74.1 cm³/mol. The number of rotatable bonds is 5. The van der Waals surface area contributed by atoms with Crippen molar-refractivity contribution in [2.75, 3.05) is 12.0 Å². The Morgan fingerprint density at radius 3 is 2.75 bits per heavy atom. The zero-order valence-electron chi connectivity index (χ0n) is 9.92. The van der Waals surface area contributed by atoms with Gasteiger partial charge in [-0.25, -0.2) is 0 Å². The molecular weight excluding hydrogens is 286 g/mol. The first kappa shape index (κ1) is 13.9. The number of halogens is 1. The normalized spacial score (nSPS) is 14.8. The molecule has 0 saturated carbocycles. The number of benzene rings is 1. The smallest absolute Gasteiger partial charge is 0.0383 e. The van der Waals surface area contributed by atoms with Crippen molar-refractivity contribution in [2.45, 2.75) is 26.4 Å². The third-order valence-electron chi connectivity index (χ3n) is 2.43. The molecule has 0 bridgehead atoms. The van der Waals surface area contributed by atoms with E-state index in [0.29, 0.717) is 5.75 Å². The lowest BCUT2D eigenvalue weighted by molar-refractivity contribution is 0.586. The Kier molecular flexibility index (Phi) is 5.66. The van der Waals surface area contributed by atoms with E-state index in [1.54, 1.807) is 6.26 Å². The Balaban J connectivity index is 2.51. The van der Waals surface area contributed by atoms with Crippen LogP contribution < -0.4 is 5.32 Å². The van der Waals surface area contributed by atoms with Crippen LogP contribution >= 0.6 is 15.9 Å². The van der Waals surface area contributed by atoms with Crippen molar-refractivity contribution in [3.63, 3.8) is 0 Å². The largest absolute Gasteiger partial charge is 0.309 e. The molecule has 16 heavy (non-hydrogen) atoms. The Hall–Kier alpha value is -0.190. The molecule has 0 heterocycles. The van der Waals surface area contributed by atoms with Crippen molar-refractivity contribution < 1.29 is 4.21 Å². The fourth-order valence-corrected chi connectivity index (χ4v) is 2.85. The average molecular weight is 304 g/mol. The Labute approximate surface area is 108 Å². The quantitative estimate of drug-likeness (QED) is 0.906. The minimum atomic E-state index is -0.733. The number of hydrogen-bond acceptors (Lipinski definition) is 2. The van der Waals surface area contributed by atoms with Crippen LogP contribution in [0.1, 0.15) is 18.1 Å². The molecule has 0 fully saturated rings. The van der Waals surface area contributed by atoms with E-state index in [4.69, 9.17) is 0 Å². The van der Waals surface area contributed by atoms with Gasteiger partial charge in [0.1, 0.15) is 0 Å². The molecule has 0 saturated heterocycles. The highest BCUT2D eigenvalue weighted by Gasteiger charge is 2.05. The van der Waals surface area contributed by atoms with E-state index in [9.17, 15) is 4.21 Å². The molecule has 2 nitrogen and oxygen atoms in total. The van der Waals surface area contributed by atoms with Gasteiger partial charge >= 0.3 is 0 Å². The maximum atomic E-state index is 11.0. The summed E-state index contributed by atoms with van der Waals surface area (Å²) in [5.41, 5.74) is 2.56. The van der Waals surface area contributed by atoms with E-state index in [0.717, 1.165) is 11.0 Å². The molecule has 90 valence electrons. The highest BCUT2D eigenvalue weighted by atomic mass is 79.9. The molecule has 1 N–H and O–H groups in total. The summed E-state index contributed by atoms with van der Waals surface area (Å²) in [6, 6.07) is 6.56. The number of nitrogens with one attached hydrogen (secondary N) is 1. The Morgan fingerprint density at radius 2 is 2.19 bits per heavy atom. The standard InChI is InChI=1S/C12H18BrNOS/c1-9-6-12(13)5-4-11(9)7-14-10(2)8-16(3)15/h4-6,10,14H,7-8H2,1-3H3. The SMILES string of the molecule is Cc1cc(Br)ccc1CNC(C)CS(C)=O. The molecule has 4 heteroatoms. The highest BCUT2D eigenvalue weighted by Crippen LogP contribution is 2.15. The zero-order valence-corrected chi connectivity index (χ0v) is 12.3. The molecule has 0 aliphatic carbocycles. The first-order valence-electron chi connectivity index (χ1n) is 5.27. The van der Waals surface area contributed by atoms with Crippen molar-refractivity contribution >= 4 is 26.7 Å². The van der Waals surface area contributed by atoms with Gasteiger partial charge in [-0.3, -0.25) is 4.21 Å². The van der Waals surface area contributed by atoms with E-state index < -0.39 is 10.8 Å². The summed E-state index contributed by atoms with van der Waals surface area (Å²) in [6.45, 7) is 5.00. The van der Waals surface area contributed by atoms with Crippen LogP contribution in [0.2, 0.25) is 0 Å².